The van der Waals surface area contributed by atoms with E-state index in [1.165, 1.54) is 0 Å². The molecule has 1 heterocycles. The number of ether oxygens (including phenoxy) is 1. The smallest absolute Gasteiger partial charge is 0.214 e. The highest BCUT2D eigenvalue weighted by atomic mass is 32.2. The van der Waals surface area contributed by atoms with E-state index >= 15 is 0 Å². The number of piperidine rings is 1. The highest BCUT2D eigenvalue weighted by Crippen LogP contribution is 2.20. The van der Waals surface area contributed by atoms with Gasteiger partial charge in [-0.25, -0.2) is 8.42 Å². The van der Waals surface area contributed by atoms with Crippen molar-refractivity contribution in [3.05, 3.63) is 0 Å². The first-order chi connectivity index (χ1) is 10.0. The maximum Gasteiger partial charge on any atom is 0.214 e. The molecule has 0 radical (unpaired) electrons. The molecule has 0 spiro atoms. The molecule has 0 aliphatic carbocycles. The molecule has 126 valence electrons. The zero-order valence-corrected chi connectivity index (χ0v) is 14.6. The molecule has 0 bridgehead atoms. The van der Waals surface area contributed by atoms with Gasteiger partial charge < -0.3 is 10.1 Å². The van der Waals surface area contributed by atoms with Crippen LogP contribution in [0.5, 0.6) is 0 Å². The fraction of sp³-hybridized carbons (Fsp3) is 1.00. The van der Waals surface area contributed by atoms with Crippen molar-refractivity contribution in [1.29, 1.82) is 0 Å². The van der Waals surface area contributed by atoms with Crippen LogP contribution in [0.3, 0.4) is 0 Å². The third-order valence-electron chi connectivity index (χ3n) is 4.47. The molecule has 1 N–H and O–H groups in total. The second-order valence-electron chi connectivity index (χ2n) is 5.87. The fourth-order valence-corrected chi connectivity index (χ4v) is 5.00. The molecule has 1 aliphatic rings. The van der Waals surface area contributed by atoms with Crippen molar-refractivity contribution in [2.75, 3.05) is 39.1 Å². The van der Waals surface area contributed by atoms with Crippen molar-refractivity contribution in [3.63, 3.8) is 0 Å². The van der Waals surface area contributed by atoms with E-state index in [9.17, 15) is 8.42 Å². The van der Waals surface area contributed by atoms with E-state index in [4.69, 9.17) is 4.74 Å². The van der Waals surface area contributed by atoms with Crippen LogP contribution in [-0.2, 0) is 14.8 Å². The predicted octanol–water partition coefficient (Wildman–Crippen LogP) is 1.84. The van der Waals surface area contributed by atoms with Crippen LogP contribution < -0.4 is 5.32 Å². The zero-order chi connectivity index (χ0) is 15.7. The number of nitrogens with zero attached hydrogens (tertiary/aromatic N) is 1. The Morgan fingerprint density at radius 2 is 1.86 bits per heavy atom. The van der Waals surface area contributed by atoms with Gasteiger partial charge >= 0.3 is 0 Å². The van der Waals surface area contributed by atoms with E-state index < -0.39 is 10.0 Å². The first-order valence-electron chi connectivity index (χ1n) is 8.24. The summed E-state index contributed by atoms with van der Waals surface area (Å²) in [7, 11) is -1.57. The van der Waals surface area contributed by atoms with Crippen molar-refractivity contribution in [1.82, 2.24) is 9.62 Å². The number of nitrogens with one attached hydrogen (secondary N) is 1. The quantitative estimate of drug-likeness (QED) is 0.667. The van der Waals surface area contributed by atoms with Gasteiger partial charge in [0.15, 0.2) is 0 Å². The fourth-order valence-electron chi connectivity index (χ4n) is 3.03. The van der Waals surface area contributed by atoms with Gasteiger partial charge in [-0.05, 0) is 51.1 Å². The highest BCUT2D eigenvalue weighted by Gasteiger charge is 2.28. The van der Waals surface area contributed by atoms with Crippen molar-refractivity contribution in [2.45, 2.75) is 52.0 Å². The Labute approximate surface area is 130 Å². The van der Waals surface area contributed by atoms with Crippen LogP contribution >= 0.6 is 0 Å². The number of methoxy groups -OCH3 is 1. The number of rotatable bonds is 10. The molecule has 0 unspecified atom stereocenters. The molecule has 1 rings (SSSR count). The Hall–Kier alpha value is -0.170. The lowest BCUT2D eigenvalue weighted by Gasteiger charge is -2.30. The summed E-state index contributed by atoms with van der Waals surface area (Å²) in [5.74, 6) is 0.824. The normalized spacial score (nSPS) is 17.8. The van der Waals surface area contributed by atoms with Crippen LogP contribution in [0.1, 0.15) is 46.0 Å². The average Bonchev–Trinajstić information content (AvgIpc) is 2.50. The molecule has 0 aromatic heterocycles. The van der Waals surface area contributed by atoms with Crippen LogP contribution in [0.2, 0.25) is 0 Å². The summed E-state index contributed by atoms with van der Waals surface area (Å²) in [6.07, 6.45) is 4.68. The Morgan fingerprint density at radius 1 is 1.24 bits per heavy atom. The Kier molecular flexibility index (Phi) is 8.78. The summed E-state index contributed by atoms with van der Waals surface area (Å²) in [4.78, 5) is 0. The summed E-state index contributed by atoms with van der Waals surface area (Å²) in [5, 5.41) is 3.32. The molecular weight excluding hydrogens is 288 g/mol. The first kappa shape index (κ1) is 18.9. The van der Waals surface area contributed by atoms with Crippen LogP contribution in [0.4, 0.5) is 0 Å². The second-order valence-corrected chi connectivity index (χ2v) is 7.91. The van der Waals surface area contributed by atoms with Gasteiger partial charge in [-0.15, -0.1) is 0 Å². The van der Waals surface area contributed by atoms with E-state index in [0.717, 1.165) is 45.2 Å². The largest absolute Gasteiger partial charge is 0.383 e. The average molecular weight is 320 g/mol. The molecule has 0 atom stereocenters. The summed E-state index contributed by atoms with van der Waals surface area (Å²) < 4.78 is 32.2. The van der Waals surface area contributed by atoms with Crippen LogP contribution in [0, 0.1) is 5.92 Å². The lowest BCUT2D eigenvalue weighted by Crippen LogP contribution is -2.43. The Morgan fingerprint density at radius 3 is 2.38 bits per heavy atom. The maximum atomic E-state index is 12.7. The van der Waals surface area contributed by atoms with E-state index in [0.29, 0.717) is 19.1 Å². The molecule has 1 aliphatic heterocycles. The van der Waals surface area contributed by atoms with Gasteiger partial charge in [0.1, 0.15) is 0 Å². The molecule has 0 saturated carbocycles. The monoisotopic (exact) mass is 320 g/mol. The second kappa shape index (κ2) is 9.77. The summed E-state index contributed by atoms with van der Waals surface area (Å²) >= 11 is 0. The maximum absolute atomic E-state index is 12.7. The highest BCUT2D eigenvalue weighted by molar-refractivity contribution is 7.89. The third-order valence-corrected chi connectivity index (χ3v) is 6.41. The molecule has 1 saturated heterocycles. The zero-order valence-electron chi connectivity index (χ0n) is 13.8. The van der Waals surface area contributed by atoms with Gasteiger partial charge in [0, 0.05) is 19.7 Å². The molecular formula is C15H32N2O3S. The lowest BCUT2D eigenvalue weighted by molar-refractivity contribution is 0.163. The standard InChI is InChI=1S/C15H32N2O3S/c1-4-15(5-2)17(11-12-20-3)21(18,19)13-8-14-6-9-16-10-7-14/h14-16H,4-13H2,1-3H3. The minimum absolute atomic E-state index is 0.0955. The lowest BCUT2D eigenvalue weighted by atomic mass is 9.96. The van der Waals surface area contributed by atoms with E-state index in [2.05, 4.69) is 19.2 Å². The van der Waals surface area contributed by atoms with Gasteiger partial charge in [-0.1, -0.05) is 13.8 Å². The first-order valence-corrected chi connectivity index (χ1v) is 9.85. The molecule has 21 heavy (non-hydrogen) atoms. The minimum Gasteiger partial charge on any atom is -0.383 e. The molecule has 5 nitrogen and oxygen atoms in total. The SMILES string of the molecule is CCC(CC)N(CCOC)S(=O)(=O)CCC1CCNCC1. The van der Waals surface area contributed by atoms with Gasteiger partial charge in [0.05, 0.1) is 12.4 Å². The molecule has 6 heteroatoms. The Balaban J connectivity index is 2.63. The summed E-state index contributed by atoms with van der Waals surface area (Å²) in [6.45, 7) is 7.07. The van der Waals surface area contributed by atoms with E-state index in [1.54, 1.807) is 11.4 Å². The van der Waals surface area contributed by atoms with E-state index in [1.807, 2.05) is 0 Å². The van der Waals surface area contributed by atoms with Crippen molar-refractivity contribution in [2.24, 2.45) is 5.92 Å². The van der Waals surface area contributed by atoms with Gasteiger partial charge in [0.25, 0.3) is 0 Å². The minimum atomic E-state index is -3.18. The number of hydrogen-bond donors (Lipinski definition) is 1. The molecule has 0 aromatic rings. The molecule has 1 fully saturated rings. The molecule has 0 amide bonds. The number of hydrogen-bond acceptors (Lipinski definition) is 4. The van der Waals surface area contributed by atoms with Crippen molar-refractivity contribution in [3.8, 4) is 0 Å². The topological polar surface area (TPSA) is 58.6 Å². The van der Waals surface area contributed by atoms with Crippen LogP contribution in [-0.4, -0.2) is 57.9 Å². The number of sulfonamides is 1. The summed E-state index contributed by atoms with van der Waals surface area (Å²) in [6, 6.07) is 0.0955. The Bertz CT molecular complexity index is 363. The van der Waals surface area contributed by atoms with Crippen LogP contribution in [0.15, 0.2) is 0 Å². The van der Waals surface area contributed by atoms with Gasteiger partial charge in [-0.3, -0.25) is 0 Å². The van der Waals surface area contributed by atoms with Crippen molar-refractivity contribution < 1.29 is 13.2 Å². The van der Waals surface area contributed by atoms with E-state index in [-0.39, 0.29) is 11.8 Å². The third kappa shape index (κ3) is 6.22. The van der Waals surface area contributed by atoms with Gasteiger partial charge in [0.2, 0.25) is 10.0 Å². The van der Waals surface area contributed by atoms with Gasteiger partial charge in [-0.2, -0.15) is 4.31 Å². The van der Waals surface area contributed by atoms with Crippen molar-refractivity contribution >= 4 is 10.0 Å². The summed E-state index contributed by atoms with van der Waals surface area (Å²) in [5.41, 5.74) is 0. The van der Waals surface area contributed by atoms with Crippen LogP contribution in [0.25, 0.3) is 0 Å². The predicted molar refractivity (Wildman–Crippen MR) is 86.9 cm³/mol. The molecule has 0 aromatic carbocycles.